The standard InChI is InChI=1S/C25H19N7OS/c33-22(26-14-21-27-19-12-6-7-13-20(19)28-21)15-34-25-31-30-24-17-10-4-5-11-18(17)29-23(32(24)25)16-8-2-1-3-9-16/h1-13H,14-15H2,(H,26,33)(H,27,28). The molecule has 3 aromatic carbocycles. The van der Waals surface area contributed by atoms with Gasteiger partial charge in [-0.25, -0.2) is 9.97 Å². The van der Waals surface area contributed by atoms with Crippen molar-refractivity contribution in [3.05, 3.63) is 84.7 Å². The molecule has 0 atom stereocenters. The Morgan fingerprint density at radius 3 is 2.50 bits per heavy atom. The number of nitrogens with zero attached hydrogens (tertiary/aromatic N) is 5. The summed E-state index contributed by atoms with van der Waals surface area (Å²) < 4.78 is 1.93. The van der Waals surface area contributed by atoms with E-state index in [-0.39, 0.29) is 11.7 Å². The van der Waals surface area contributed by atoms with Gasteiger partial charge in [-0.2, -0.15) is 0 Å². The molecule has 9 heteroatoms. The van der Waals surface area contributed by atoms with Crippen molar-refractivity contribution in [1.82, 2.24) is 34.9 Å². The molecule has 166 valence electrons. The van der Waals surface area contributed by atoms with Gasteiger partial charge in [-0.05, 0) is 24.3 Å². The number of thioether (sulfide) groups is 1. The first-order chi connectivity index (χ1) is 16.8. The van der Waals surface area contributed by atoms with Gasteiger partial charge in [-0.15, -0.1) is 10.2 Å². The number of imidazole rings is 1. The topological polar surface area (TPSA) is 101 Å². The number of carbonyl (C=O) groups is 1. The van der Waals surface area contributed by atoms with Gasteiger partial charge in [-0.1, -0.05) is 66.4 Å². The highest BCUT2D eigenvalue weighted by Crippen LogP contribution is 2.28. The van der Waals surface area contributed by atoms with Gasteiger partial charge in [0, 0.05) is 10.9 Å². The molecule has 6 rings (SSSR count). The maximum atomic E-state index is 12.6. The van der Waals surface area contributed by atoms with Crippen LogP contribution in [0, 0.1) is 0 Å². The SMILES string of the molecule is O=C(CSc1nnc2c3ccccc3nc(-c3ccccc3)n12)NCc1nc2ccccc2[nH]1. The number of carbonyl (C=O) groups excluding carboxylic acids is 1. The second kappa shape index (κ2) is 8.60. The molecular formula is C25H19N7OS. The molecule has 0 bridgehead atoms. The summed E-state index contributed by atoms with van der Waals surface area (Å²) in [5.74, 6) is 1.54. The minimum atomic E-state index is -0.114. The van der Waals surface area contributed by atoms with Gasteiger partial charge in [0.2, 0.25) is 5.91 Å². The van der Waals surface area contributed by atoms with E-state index in [4.69, 9.17) is 4.98 Å². The molecule has 0 aliphatic rings. The van der Waals surface area contributed by atoms with E-state index in [9.17, 15) is 4.79 Å². The Balaban J connectivity index is 1.26. The summed E-state index contributed by atoms with van der Waals surface area (Å²) in [4.78, 5) is 25.2. The van der Waals surface area contributed by atoms with Gasteiger partial charge in [0.15, 0.2) is 10.8 Å². The van der Waals surface area contributed by atoms with Crippen LogP contribution in [0.5, 0.6) is 0 Å². The fourth-order valence-electron chi connectivity index (χ4n) is 3.89. The van der Waals surface area contributed by atoms with E-state index in [1.54, 1.807) is 0 Å². The van der Waals surface area contributed by atoms with Crippen LogP contribution >= 0.6 is 11.8 Å². The number of amides is 1. The zero-order valence-electron chi connectivity index (χ0n) is 18.0. The minimum Gasteiger partial charge on any atom is -0.348 e. The van der Waals surface area contributed by atoms with E-state index in [1.807, 2.05) is 83.3 Å². The number of aromatic nitrogens is 6. The molecule has 0 unspecified atom stereocenters. The zero-order valence-corrected chi connectivity index (χ0v) is 18.8. The first-order valence-corrected chi connectivity index (χ1v) is 11.8. The van der Waals surface area contributed by atoms with Crippen LogP contribution in [0.15, 0.2) is 84.0 Å². The highest BCUT2D eigenvalue weighted by atomic mass is 32.2. The van der Waals surface area contributed by atoms with Crippen molar-refractivity contribution in [3.8, 4) is 11.4 Å². The summed E-state index contributed by atoms with van der Waals surface area (Å²) >= 11 is 1.33. The molecule has 0 fully saturated rings. The van der Waals surface area contributed by atoms with E-state index in [0.717, 1.165) is 44.8 Å². The molecule has 0 saturated heterocycles. The summed E-state index contributed by atoms with van der Waals surface area (Å²) in [6.45, 7) is 0.329. The lowest BCUT2D eigenvalue weighted by atomic mass is 10.2. The molecule has 8 nitrogen and oxygen atoms in total. The quantitative estimate of drug-likeness (QED) is 0.357. The molecule has 6 aromatic rings. The molecule has 34 heavy (non-hydrogen) atoms. The molecule has 0 saturated carbocycles. The van der Waals surface area contributed by atoms with E-state index >= 15 is 0 Å². The Bertz CT molecular complexity index is 1610. The first-order valence-electron chi connectivity index (χ1n) is 10.8. The lowest BCUT2D eigenvalue weighted by molar-refractivity contribution is -0.118. The van der Waals surface area contributed by atoms with Crippen molar-refractivity contribution in [3.63, 3.8) is 0 Å². The van der Waals surface area contributed by atoms with Gasteiger partial charge in [0.1, 0.15) is 11.6 Å². The van der Waals surface area contributed by atoms with Crippen LogP contribution in [-0.4, -0.2) is 41.2 Å². The Morgan fingerprint density at radius 2 is 1.65 bits per heavy atom. The van der Waals surface area contributed by atoms with Crippen molar-refractivity contribution in [1.29, 1.82) is 0 Å². The molecule has 3 aromatic heterocycles. The summed E-state index contributed by atoms with van der Waals surface area (Å²) in [5.41, 5.74) is 4.35. The van der Waals surface area contributed by atoms with Crippen LogP contribution in [0.1, 0.15) is 5.82 Å². The molecule has 2 N–H and O–H groups in total. The van der Waals surface area contributed by atoms with Crippen molar-refractivity contribution >= 4 is 45.3 Å². The van der Waals surface area contributed by atoms with E-state index in [1.165, 1.54) is 11.8 Å². The van der Waals surface area contributed by atoms with Crippen LogP contribution in [0.4, 0.5) is 0 Å². The predicted octanol–water partition coefficient (Wildman–Crippen LogP) is 4.23. The Morgan fingerprint density at radius 1 is 0.882 bits per heavy atom. The molecule has 0 spiro atoms. The van der Waals surface area contributed by atoms with Gasteiger partial charge in [-0.3, -0.25) is 9.20 Å². The number of H-pyrrole nitrogens is 1. The maximum Gasteiger partial charge on any atom is 0.230 e. The number of fused-ring (bicyclic) bond motifs is 4. The number of benzene rings is 3. The third kappa shape index (κ3) is 3.75. The smallest absolute Gasteiger partial charge is 0.230 e. The number of hydrogen-bond donors (Lipinski definition) is 2. The highest BCUT2D eigenvalue weighted by Gasteiger charge is 2.17. The number of aromatic amines is 1. The van der Waals surface area contributed by atoms with Crippen LogP contribution in [0.25, 0.3) is 39.0 Å². The van der Waals surface area contributed by atoms with Crippen LogP contribution < -0.4 is 5.32 Å². The number of hydrogen-bond acceptors (Lipinski definition) is 6. The van der Waals surface area contributed by atoms with Crippen molar-refractivity contribution < 1.29 is 4.79 Å². The third-order valence-corrected chi connectivity index (χ3v) is 6.40. The van der Waals surface area contributed by atoms with Crippen LogP contribution in [-0.2, 0) is 11.3 Å². The van der Waals surface area contributed by atoms with Crippen molar-refractivity contribution in [2.75, 3.05) is 5.75 Å². The lowest BCUT2D eigenvalue weighted by Crippen LogP contribution is -2.25. The monoisotopic (exact) mass is 465 g/mol. The Kier molecular flexibility index (Phi) is 5.15. The largest absolute Gasteiger partial charge is 0.348 e. The van der Waals surface area contributed by atoms with E-state index in [0.29, 0.717) is 11.7 Å². The zero-order chi connectivity index (χ0) is 22.9. The highest BCUT2D eigenvalue weighted by molar-refractivity contribution is 7.99. The molecule has 0 aliphatic carbocycles. The van der Waals surface area contributed by atoms with Crippen LogP contribution in [0.2, 0.25) is 0 Å². The summed E-state index contributed by atoms with van der Waals surface area (Å²) in [5, 5.41) is 13.3. The third-order valence-electron chi connectivity index (χ3n) is 5.47. The number of nitrogens with one attached hydrogen (secondary N) is 2. The molecule has 1 amide bonds. The Hall–Kier alpha value is -4.24. The van der Waals surface area contributed by atoms with Crippen molar-refractivity contribution in [2.45, 2.75) is 11.7 Å². The van der Waals surface area contributed by atoms with Gasteiger partial charge in [0.25, 0.3) is 0 Å². The fourth-order valence-corrected chi connectivity index (χ4v) is 4.65. The van der Waals surface area contributed by atoms with E-state index < -0.39 is 0 Å². The summed E-state index contributed by atoms with van der Waals surface area (Å²) in [7, 11) is 0. The first kappa shape index (κ1) is 20.4. The summed E-state index contributed by atoms with van der Waals surface area (Å²) in [6.07, 6.45) is 0. The van der Waals surface area contributed by atoms with Crippen LogP contribution in [0.3, 0.4) is 0 Å². The fraction of sp³-hybridized carbons (Fsp3) is 0.0800. The average molecular weight is 466 g/mol. The summed E-state index contributed by atoms with van der Waals surface area (Å²) in [6, 6.07) is 25.6. The average Bonchev–Trinajstić information content (AvgIpc) is 3.50. The normalized spacial score (nSPS) is 11.4. The number of rotatable bonds is 6. The number of para-hydroxylation sites is 3. The van der Waals surface area contributed by atoms with Gasteiger partial charge >= 0.3 is 0 Å². The van der Waals surface area contributed by atoms with Crippen molar-refractivity contribution in [2.24, 2.45) is 0 Å². The predicted molar refractivity (Wildman–Crippen MR) is 132 cm³/mol. The Labute approximate surface area is 198 Å². The molecule has 0 aliphatic heterocycles. The lowest BCUT2D eigenvalue weighted by Gasteiger charge is -2.09. The van der Waals surface area contributed by atoms with Gasteiger partial charge in [0.05, 0.1) is 28.8 Å². The second-order valence-corrected chi connectivity index (χ2v) is 8.67. The van der Waals surface area contributed by atoms with Gasteiger partial charge < -0.3 is 10.3 Å². The minimum absolute atomic E-state index is 0.114. The maximum absolute atomic E-state index is 12.6. The molecular weight excluding hydrogens is 446 g/mol. The molecule has 0 radical (unpaired) electrons. The van der Waals surface area contributed by atoms with E-state index in [2.05, 4.69) is 25.5 Å². The second-order valence-electron chi connectivity index (χ2n) is 7.73. The molecule has 3 heterocycles.